The zero-order valence-electron chi connectivity index (χ0n) is 11.6. The largest absolute Gasteiger partial charge is 0.329 e. The summed E-state index contributed by atoms with van der Waals surface area (Å²) in [6, 6.07) is 6.38. The smallest absolute Gasteiger partial charge is 0.148 e. The second kappa shape index (κ2) is 6.29. The Balaban J connectivity index is 2.45. The number of hydrogen-bond acceptors (Lipinski definition) is 5. The minimum atomic E-state index is -0.280. The molecule has 0 fully saturated rings. The molecular weight excluding hydrogens is 257 g/mol. The van der Waals surface area contributed by atoms with Crippen molar-refractivity contribution in [3.63, 3.8) is 0 Å². The van der Waals surface area contributed by atoms with E-state index < -0.39 is 0 Å². The molecule has 6 heteroatoms. The van der Waals surface area contributed by atoms with Crippen molar-refractivity contribution < 1.29 is 4.39 Å². The van der Waals surface area contributed by atoms with Crippen LogP contribution < -0.4 is 16.2 Å². The third-order valence-corrected chi connectivity index (χ3v) is 3.07. The number of nitrogens with zero attached hydrogens (tertiary/aromatic N) is 3. The molecule has 1 aromatic carbocycles. The monoisotopic (exact) mass is 275 g/mol. The molecule has 2 aromatic rings. The van der Waals surface area contributed by atoms with Gasteiger partial charge in [-0.1, -0.05) is 19.4 Å². The molecule has 106 valence electrons. The first-order valence-electron chi connectivity index (χ1n) is 6.47. The lowest BCUT2D eigenvalue weighted by Crippen LogP contribution is -2.18. The van der Waals surface area contributed by atoms with E-state index in [0.29, 0.717) is 5.82 Å². The van der Waals surface area contributed by atoms with Crippen molar-refractivity contribution in [2.24, 2.45) is 5.84 Å². The van der Waals surface area contributed by atoms with Gasteiger partial charge in [-0.05, 0) is 24.6 Å². The van der Waals surface area contributed by atoms with E-state index >= 15 is 0 Å². The van der Waals surface area contributed by atoms with Gasteiger partial charge < -0.3 is 10.3 Å². The van der Waals surface area contributed by atoms with Crippen molar-refractivity contribution in [2.45, 2.75) is 19.8 Å². The number of benzene rings is 1. The number of hydrogen-bond donors (Lipinski definition) is 2. The van der Waals surface area contributed by atoms with Gasteiger partial charge in [0.05, 0.1) is 0 Å². The number of nitrogen functional groups attached to an aromatic ring is 1. The second-order valence-corrected chi connectivity index (χ2v) is 4.46. The van der Waals surface area contributed by atoms with Gasteiger partial charge in [-0.3, -0.25) is 0 Å². The summed E-state index contributed by atoms with van der Waals surface area (Å²) in [5, 5.41) is 0. The van der Waals surface area contributed by atoms with Crippen LogP contribution in [-0.2, 0) is 6.42 Å². The molecule has 0 radical (unpaired) electrons. The van der Waals surface area contributed by atoms with E-state index in [4.69, 9.17) is 5.84 Å². The molecule has 0 aliphatic carbocycles. The lowest BCUT2D eigenvalue weighted by Gasteiger charge is -2.22. The molecule has 5 nitrogen and oxygen atoms in total. The summed E-state index contributed by atoms with van der Waals surface area (Å²) in [6.07, 6.45) is 3.17. The van der Waals surface area contributed by atoms with Crippen LogP contribution in [-0.4, -0.2) is 17.0 Å². The maximum Gasteiger partial charge on any atom is 0.148 e. The molecule has 0 atom stereocenters. The molecule has 0 aliphatic rings. The van der Waals surface area contributed by atoms with Crippen molar-refractivity contribution in [3.8, 4) is 0 Å². The first-order valence-corrected chi connectivity index (χ1v) is 6.47. The highest BCUT2D eigenvalue weighted by molar-refractivity contribution is 5.66. The van der Waals surface area contributed by atoms with E-state index in [1.165, 1.54) is 18.5 Å². The van der Waals surface area contributed by atoms with Crippen molar-refractivity contribution in [2.75, 3.05) is 17.4 Å². The number of hydrazine groups is 1. The van der Waals surface area contributed by atoms with Gasteiger partial charge in [0.2, 0.25) is 0 Å². The average Bonchev–Trinajstić information content (AvgIpc) is 2.47. The van der Waals surface area contributed by atoms with Crippen molar-refractivity contribution in [1.82, 2.24) is 9.97 Å². The first-order chi connectivity index (χ1) is 9.67. The molecule has 0 amide bonds. The van der Waals surface area contributed by atoms with Gasteiger partial charge in [0.1, 0.15) is 23.8 Å². The van der Waals surface area contributed by atoms with E-state index in [-0.39, 0.29) is 5.82 Å². The Hall–Kier alpha value is -2.21. The number of nitrogens with one attached hydrogen (secondary N) is 1. The van der Waals surface area contributed by atoms with Crippen LogP contribution in [0.3, 0.4) is 0 Å². The van der Waals surface area contributed by atoms with Crippen LogP contribution in [0.15, 0.2) is 30.6 Å². The van der Waals surface area contributed by atoms with E-state index in [1.54, 1.807) is 6.07 Å². The molecule has 1 aromatic heterocycles. The highest BCUT2D eigenvalue weighted by Gasteiger charge is 2.15. The molecule has 0 unspecified atom stereocenters. The third kappa shape index (κ3) is 2.85. The molecule has 0 spiro atoms. The van der Waals surface area contributed by atoms with E-state index in [9.17, 15) is 4.39 Å². The van der Waals surface area contributed by atoms with Crippen molar-refractivity contribution in [3.05, 3.63) is 42.0 Å². The number of aromatic nitrogens is 2. The maximum atomic E-state index is 13.3. The lowest BCUT2D eigenvalue weighted by molar-refractivity contribution is 0.628. The standard InChI is InChI=1S/C14H18FN5/c1-3-5-12-13(19-16)17-9-18-14(12)20(2)11-7-4-6-10(15)8-11/h4,6-9H,3,5,16H2,1-2H3,(H,17,18,19). The first kappa shape index (κ1) is 14.2. The molecule has 0 aliphatic heterocycles. The summed E-state index contributed by atoms with van der Waals surface area (Å²) in [6.45, 7) is 2.07. The van der Waals surface area contributed by atoms with Gasteiger partial charge in [0, 0.05) is 18.3 Å². The van der Waals surface area contributed by atoms with E-state index in [2.05, 4.69) is 22.3 Å². The molecule has 0 saturated heterocycles. The van der Waals surface area contributed by atoms with Crippen LogP contribution in [0.5, 0.6) is 0 Å². The summed E-state index contributed by atoms with van der Waals surface area (Å²) in [5.41, 5.74) is 4.23. The fraction of sp³-hybridized carbons (Fsp3) is 0.286. The minimum Gasteiger partial charge on any atom is -0.329 e. The minimum absolute atomic E-state index is 0.280. The quantitative estimate of drug-likeness (QED) is 0.648. The summed E-state index contributed by atoms with van der Waals surface area (Å²) in [7, 11) is 1.84. The summed E-state index contributed by atoms with van der Waals surface area (Å²) >= 11 is 0. The summed E-state index contributed by atoms with van der Waals surface area (Å²) in [5.74, 6) is 6.53. The lowest BCUT2D eigenvalue weighted by atomic mass is 10.1. The molecule has 2 rings (SSSR count). The molecule has 3 N–H and O–H groups in total. The predicted molar refractivity (Wildman–Crippen MR) is 78.3 cm³/mol. The van der Waals surface area contributed by atoms with Gasteiger partial charge >= 0.3 is 0 Å². The Morgan fingerprint density at radius 2 is 2.15 bits per heavy atom. The number of anilines is 3. The molecule has 1 heterocycles. The van der Waals surface area contributed by atoms with Gasteiger partial charge in [-0.2, -0.15) is 0 Å². The van der Waals surface area contributed by atoms with Crippen LogP contribution in [0.2, 0.25) is 0 Å². The van der Waals surface area contributed by atoms with Gasteiger partial charge in [0.15, 0.2) is 0 Å². The molecule has 0 bridgehead atoms. The van der Waals surface area contributed by atoms with Crippen LogP contribution in [0.4, 0.5) is 21.7 Å². The second-order valence-electron chi connectivity index (χ2n) is 4.46. The highest BCUT2D eigenvalue weighted by atomic mass is 19.1. The Bertz CT molecular complexity index is 588. The summed E-state index contributed by atoms with van der Waals surface area (Å²) in [4.78, 5) is 10.3. The normalized spacial score (nSPS) is 10.4. The highest BCUT2D eigenvalue weighted by Crippen LogP contribution is 2.29. The Morgan fingerprint density at radius 1 is 1.35 bits per heavy atom. The third-order valence-electron chi connectivity index (χ3n) is 3.07. The molecule has 20 heavy (non-hydrogen) atoms. The number of halogens is 1. The van der Waals surface area contributed by atoms with Gasteiger partial charge in [0.25, 0.3) is 0 Å². The fourth-order valence-electron chi connectivity index (χ4n) is 2.10. The molecular formula is C14H18FN5. The maximum absolute atomic E-state index is 13.3. The van der Waals surface area contributed by atoms with Crippen LogP contribution >= 0.6 is 0 Å². The van der Waals surface area contributed by atoms with E-state index in [1.807, 2.05) is 18.0 Å². The van der Waals surface area contributed by atoms with Crippen molar-refractivity contribution in [1.29, 1.82) is 0 Å². The predicted octanol–water partition coefficient (Wildman–Crippen LogP) is 2.62. The number of rotatable bonds is 5. The van der Waals surface area contributed by atoms with Crippen LogP contribution in [0.25, 0.3) is 0 Å². The van der Waals surface area contributed by atoms with E-state index in [0.717, 1.165) is 29.9 Å². The van der Waals surface area contributed by atoms with Gasteiger partial charge in [-0.25, -0.2) is 20.2 Å². The zero-order chi connectivity index (χ0) is 14.5. The number of nitrogens with two attached hydrogens (primary N) is 1. The fourth-order valence-corrected chi connectivity index (χ4v) is 2.10. The van der Waals surface area contributed by atoms with Crippen LogP contribution in [0.1, 0.15) is 18.9 Å². The Morgan fingerprint density at radius 3 is 2.80 bits per heavy atom. The topological polar surface area (TPSA) is 67.1 Å². The zero-order valence-corrected chi connectivity index (χ0v) is 11.6. The Labute approximate surface area is 117 Å². The Kier molecular flexibility index (Phi) is 4.47. The van der Waals surface area contributed by atoms with Gasteiger partial charge in [-0.15, -0.1) is 0 Å². The van der Waals surface area contributed by atoms with Crippen molar-refractivity contribution >= 4 is 17.3 Å². The SMILES string of the molecule is CCCc1c(NN)ncnc1N(C)c1cccc(F)c1. The van der Waals surface area contributed by atoms with Crippen LogP contribution in [0, 0.1) is 5.82 Å². The average molecular weight is 275 g/mol. The molecule has 0 saturated carbocycles. The summed E-state index contributed by atoms with van der Waals surface area (Å²) < 4.78 is 13.3.